The molecule has 0 spiro atoms. The highest BCUT2D eigenvalue weighted by molar-refractivity contribution is 7.14. The van der Waals surface area contributed by atoms with Gasteiger partial charge < -0.3 is 10.2 Å². The van der Waals surface area contributed by atoms with Gasteiger partial charge in [-0.1, -0.05) is 37.5 Å². The average Bonchev–Trinajstić information content (AvgIpc) is 3.29. The van der Waals surface area contributed by atoms with Crippen LogP contribution in [-0.4, -0.2) is 24.0 Å². The minimum Gasteiger partial charge on any atom is -0.348 e. The standard InChI is InChI=1S/C24H24F3N3OS/c1-30(20-8-3-2-4-9-20)23-29-21(15-32-23)16-10-12-19(13-11-16)28-22(31)17-6-5-7-18(14-17)24(25,26)27/h5-7,10-15,20H,2-4,8-9H2,1H3,(H,28,31). The van der Waals surface area contributed by atoms with E-state index >= 15 is 0 Å². The molecule has 1 amide bonds. The third kappa shape index (κ3) is 5.12. The first-order chi connectivity index (χ1) is 15.3. The van der Waals surface area contributed by atoms with Crippen molar-refractivity contribution >= 4 is 28.1 Å². The fourth-order valence-electron chi connectivity index (χ4n) is 3.95. The number of thiazole rings is 1. The SMILES string of the molecule is CN(c1nc(-c2ccc(NC(=O)c3cccc(C(F)(F)F)c3)cc2)cs1)C1CCCCC1. The topological polar surface area (TPSA) is 45.2 Å². The molecule has 168 valence electrons. The molecule has 3 aromatic rings. The number of rotatable bonds is 5. The Morgan fingerprint density at radius 2 is 1.81 bits per heavy atom. The quantitative estimate of drug-likeness (QED) is 0.454. The second kappa shape index (κ2) is 9.32. The lowest BCUT2D eigenvalue weighted by atomic mass is 9.95. The fourth-order valence-corrected chi connectivity index (χ4v) is 4.82. The zero-order valence-electron chi connectivity index (χ0n) is 17.7. The number of amides is 1. The first kappa shape index (κ1) is 22.3. The van der Waals surface area contributed by atoms with E-state index in [-0.39, 0.29) is 5.56 Å². The minimum absolute atomic E-state index is 0.0428. The van der Waals surface area contributed by atoms with Crippen molar-refractivity contribution in [3.63, 3.8) is 0 Å². The monoisotopic (exact) mass is 459 g/mol. The van der Waals surface area contributed by atoms with Crippen LogP contribution in [0, 0.1) is 0 Å². The van der Waals surface area contributed by atoms with Crippen molar-refractivity contribution < 1.29 is 18.0 Å². The molecule has 0 unspecified atom stereocenters. The first-order valence-corrected chi connectivity index (χ1v) is 11.5. The molecular weight excluding hydrogens is 435 g/mol. The molecular formula is C24H24F3N3OS. The second-order valence-electron chi connectivity index (χ2n) is 8.03. The molecule has 1 saturated carbocycles. The van der Waals surface area contributed by atoms with E-state index in [1.54, 1.807) is 23.5 Å². The van der Waals surface area contributed by atoms with Gasteiger partial charge in [-0.2, -0.15) is 13.2 Å². The van der Waals surface area contributed by atoms with Crippen molar-refractivity contribution in [3.05, 3.63) is 65.0 Å². The van der Waals surface area contributed by atoms with E-state index in [2.05, 4.69) is 17.3 Å². The largest absolute Gasteiger partial charge is 0.416 e. The molecule has 1 fully saturated rings. The molecule has 1 N–H and O–H groups in total. The number of hydrogen-bond acceptors (Lipinski definition) is 4. The summed E-state index contributed by atoms with van der Waals surface area (Å²) in [6, 6.07) is 12.1. The number of alkyl halides is 3. The summed E-state index contributed by atoms with van der Waals surface area (Å²) in [5, 5.41) is 5.66. The van der Waals surface area contributed by atoms with E-state index in [4.69, 9.17) is 4.98 Å². The Bertz CT molecular complexity index is 1070. The van der Waals surface area contributed by atoms with Crippen LogP contribution in [0.1, 0.15) is 48.0 Å². The van der Waals surface area contributed by atoms with Gasteiger partial charge in [0.1, 0.15) is 0 Å². The first-order valence-electron chi connectivity index (χ1n) is 10.6. The van der Waals surface area contributed by atoms with Gasteiger partial charge in [-0.05, 0) is 43.2 Å². The van der Waals surface area contributed by atoms with E-state index in [9.17, 15) is 18.0 Å². The van der Waals surface area contributed by atoms with Crippen LogP contribution in [0.25, 0.3) is 11.3 Å². The van der Waals surface area contributed by atoms with Crippen molar-refractivity contribution in [3.8, 4) is 11.3 Å². The Hall–Kier alpha value is -2.87. The number of nitrogens with one attached hydrogen (secondary N) is 1. The molecule has 0 bridgehead atoms. The molecule has 1 aromatic heterocycles. The Kier molecular flexibility index (Phi) is 6.50. The van der Waals surface area contributed by atoms with Crippen LogP contribution in [0.4, 0.5) is 24.0 Å². The van der Waals surface area contributed by atoms with Crippen molar-refractivity contribution in [2.75, 3.05) is 17.3 Å². The van der Waals surface area contributed by atoms with Crippen LogP contribution >= 0.6 is 11.3 Å². The molecule has 0 saturated heterocycles. The molecule has 0 atom stereocenters. The zero-order valence-corrected chi connectivity index (χ0v) is 18.5. The number of aromatic nitrogens is 1. The van der Waals surface area contributed by atoms with Crippen molar-refractivity contribution in [2.45, 2.75) is 44.3 Å². The highest BCUT2D eigenvalue weighted by Gasteiger charge is 2.31. The van der Waals surface area contributed by atoms with Crippen molar-refractivity contribution in [1.29, 1.82) is 0 Å². The van der Waals surface area contributed by atoms with E-state index in [1.165, 1.54) is 44.2 Å². The Balaban J connectivity index is 1.42. The molecule has 4 rings (SSSR count). The Labute approximate surface area is 189 Å². The van der Waals surface area contributed by atoms with E-state index in [0.29, 0.717) is 11.7 Å². The molecule has 4 nitrogen and oxygen atoms in total. The Morgan fingerprint density at radius 1 is 1.09 bits per heavy atom. The normalized spacial score (nSPS) is 14.9. The number of carbonyl (C=O) groups excluding carboxylic acids is 1. The smallest absolute Gasteiger partial charge is 0.348 e. The third-order valence-electron chi connectivity index (χ3n) is 5.81. The van der Waals surface area contributed by atoms with Crippen LogP contribution in [-0.2, 0) is 6.18 Å². The number of halogens is 3. The van der Waals surface area contributed by atoms with Gasteiger partial charge in [-0.25, -0.2) is 4.98 Å². The molecule has 2 aromatic carbocycles. The molecule has 0 radical (unpaired) electrons. The van der Waals surface area contributed by atoms with Gasteiger partial charge in [0.15, 0.2) is 5.13 Å². The van der Waals surface area contributed by atoms with Gasteiger partial charge in [0.25, 0.3) is 5.91 Å². The summed E-state index contributed by atoms with van der Waals surface area (Å²) < 4.78 is 38.6. The van der Waals surface area contributed by atoms with Gasteiger partial charge in [-0.15, -0.1) is 11.3 Å². The van der Waals surface area contributed by atoms with Crippen LogP contribution in [0.3, 0.4) is 0 Å². The Morgan fingerprint density at radius 3 is 2.50 bits per heavy atom. The van der Waals surface area contributed by atoms with Gasteiger partial charge >= 0.3 is 6.18 Å². The second-order valence-corrected chi connectivity index (χ2v) is 8.86. The van der Waals surface area contributed by atoms with E-state index in [1.807, 2.05) is 17.5 Å². The molecule has 1 heterocycles. The summed E-state index contributed by atoms with van der Waals surface area (Å²) in [5.74, 6) is -0.589. The highest BCUT2D eigenvalue weighted by Crippen LogP contribution is 2.32. The zero-order chi connectivity index (χ0) is 22.7. The lowest BCUT2D eigenvalue weighted by Crippen LogP contribution is -2.33. The minimum atomic E-state index is -4.49. The summed E-state index contributed by atoms with van der Waals surface area (Å²) in [6.45, 7) is 0. The van der Waals surface area contributed by atoms with Crippen LogP contribution in [0.2, 0.25) is 0 Å². The molecule has 32 heavy (non-hydrogen) atoms. The lowest BCUT2D eigenvalue weighted by Gasteiger charge is -2.30. The maximum Gasteiger partial charge on any atom is 0.416 e. The number of nitrogens with zero attached hydrogens (tertiary/aromatic N) is 2. The summed E-state index contributed by atoms with van der Waals surface area (Å²) >= 11 is 1.61. The summed E-state index contributed by atoms with van der Waals surface area (Å²) in [7, 11) is 2.10. The van der Waals surface area contributed by atoms with Crippen LogP contribution in [0.15, 0.2) is 53.9 Å². The number of anilines is 2. The predicted octanol–water partition coefficient (Wildman–Crippen LogP) is 6.85. The average molecular weight is 460 g/mol. The number of carbonyl (C=O) groups is 1. The van der Waals surface area contributed by atoms with Crippen molar-refractivity contribution in [2.24, 2.45) is 0 Å². The molecule has 1 aliphatic carbocycles. The molecule has 8 heteroatoms. The maximum absolute atomic E-state index is 12.9. The summed E-state index contributed by atoms with van der Waals surface area (Å²) in [5.41, 5.74) is 1.40. The predicted molar refractivity (Wildman–Crippen MR) is 122 cm³/mol. The van der Waals surface area contributed by atoms with Gasteiger partial charge in [0, 0.05) is 35.3 Å². The van der Waals surface area contributed by atoms with Gasteiger partial charge in [-0.3, -0.25) is 4.79 Å². The number of benzene rings is 2. The summed E-state index contributed by atoms with van der Waals surface area (Å²) in [6.07, 6.45) is 1.75. The molecule has 0 aliphatic heterocycles. The summed E-state index contributed by atoms with van der Waals surface area (Å²) in [4.78, 5) is 19.4. The maximum atomic E-state index is 12.9. The van der Waals surface area contributed by atoms with E-state index < -0.39 is 17.6 Å². The van der Waals surface area contributed by atoms with Gasteiger partial charge in [0.2, 0.25) is 0 Å². The van der Waals surface area contributed by atoms with Crippen molar-refractivity contribution in [1.82, 2.24) is 4.98 Å². The van der Waals surface area contributed by atoms with Crippen LogP contribution in [0.5, 0.6) is 0 Å². The van der Waals surface area contributed by atoms with Gasteiger partial charge in [0.05, 0.1) is 11.3 Å². The highest BCUT2D eigenvalue weighted by atomic mass is 32.1. The molecule has 1 aliphatic rings. The van der Waals surface area contributed by atoms with E-state index in [0.717, 1.165) is 28.5 Å². The third-order valence-corrected chi connectivity index (χ3v) is 6.74. The fraction of sp³-hybridized carbons (Fsp3) is 0.333. The number of hydrogen-bond donors (Lipinski definition) is 1. The lowest BCUT2D eigenvalue weighted by molar-refractivity contribution is -0.137. The van der Waals surface area contributed by atoms with Crippen LogP contribution < -0.4 is 10.2 Å².